The molecule has 1 saturated heterocycles. The van der Waals surface area contributed by atoms with E-state index in [2.05, 4.69) is 15.5 Å². The molecule has 1 rings (SSSR count). The zero-order valence-corrected chi connectivity index (χ0v) is 14.5. The molecule has 0 saturated carbocycles. The molecule has 3 N–H and O–H groups in total. The molecule has 0 spiro atoms. The molecule has 8 heteroatoms. The fourth-order valence-electron chi connectivity index (χ4n) is 1.93. The second-order valence-corrected chi connectivity index (χ2v) is 6.84. The van der Waals surface area contributed by atoms with Gasteiger partial charge in [-0.1, -0.05) is 0 Å². The van der Waals surface area contributed by atoms with E-state index < -0.39 is 23.2 Å². The van der Waals surface area contributed by atoms with Crippen molar-refractivity contribution >= 4 is 12.0 Å². The van der Waals surface area contributed by atoms with Crippen LogP contribution in [-0.2, 0) is 14.3 Å². The minimum Gasteiger partial charge on any atom is -0.458 e. The highest BCUT2D eigenvalue weighted by Gasteiger charge is 2.35. The number of nitrogens with one attached hydrogen (secondary N) is 2. The Morgan fingerprint density at radius 3 is 2.35 bits per heavy atom. The Hall–Kier alpha value is -1.38. The highest BCUT2D eigenvalue weighted by molar-refractivity contribution is 5.81. The lowest BCUT2D eigenvalue weighted by molar-refractivity contribution is -0.174. The molecule has 23 heavy (non-hydrogen) atoms. The Morgan fingerprint density at radius 2 is 1.78 bits per heavy atom. The quantitative estimate of drug-likeness (QED) is 0.579. The van der Waals surface area contributed by atoms with Gasteiger partial charge in [0.25, 0.3) is 0 Å². The molecule has 1 aliphatic heterocycles. The topological polar surface area (TPSA) is 100 Å². The average molecular weight is 331 g/mol. The standard InChI is InChI=1S/C15H29N3O5/c1-14(2,3)23-12(19)15(4,21)11-17-13(20)16-5-6-18-7-9-22-10-8-18/h21H,5-11H2,1-4H3,(H2,16,17,20)/t15-/m0/s1. The van der Waals surface area contributed by atoms with Crippen LogP contribution in [0.15, 0.2) is 0 Å². The number of hydrogen-bond donors (Lipinski definition) is 3. The molecule has 0 bridgehead atoms. The first kappa shape index (κ1) is 19.7. The van der Waals surface area contributed by atoms with Crippen molar-refractivity contribution in [2.75, 3.05) is 45.9 Å². The molecule has 0 aromatic heterocycles. The summed E-state index contributed by atoms with van der Waals surface area (Å²) in [5.74, 6) is -0.765. The fourth-order valence-corrected chi connectivity index (χ4v) is 1.93. The molecule has 1 atom stereocenters. The summed E-state index contributed by atoms with van der Waals surface area (Å²) in [6.07, 6.45) is 0. The van der Waals surface area contributed by atoms with Crippen LogP contribution in [0.1, 0.15) is 27.7 Å². The Balaban J connectivity index is 2.24. The Bertz CT molecular complexity index is 400. The summed E-state index contributed by atoms with van der Waals surface area (Å²) < 4.78 is 10.4. The van der Waals surface area contributed by atoms with Crippen LogP contribution in [0.3, 0.4) is 0 Å². The van der Waals surface area contributed by atoms with Crippen LogP contribution in [0.25, 0.3) is 0 Å². The number of morpholine rings is 1. The second-order valence-electron chi connectivity index (χ2n) is 6.84. The zero-order chi connectivity index (χ0) is 17.5. The Labute approximate surface area is 137 Å². The van der Waals surface area contributed by atoms with E-state index >= 15 is 0 Å². The normalized spacial score (nSPS) is 18.8. The largest absolute Gasteiger partial charge is 0.458 e. The number of urea groups is 1. The van der Waals surface area contributed by atoms with Gasteiger partial charge in [0.2, 0.25) is 0 Å². The van der Waals surface area contributed by atoms with Gasteiger partial charge in [-0.15, -0.1) is 0 Å². The second kappa shape index (κ2) is 8.47. The van der Waals surface area contributed by atoms with Gasteiger partial charge in [0.1, 0.15) is 5.60 Å². The molecule has 0 aromatic carbocycles. The number of esters is 1. The van der Waals surface area contributed by atoms with Gasteiger partial charge >= 0.3 is 12.0 Å². The maximum Gasteiger partial charge on any atom is 0.340 e. The molecule has 134 valence electrons. The SMILES string of the molecule is CC(C)(C)OC(=O)[C@@](C)(O)CNC(=O)NCCN1CCOCC1. The lowest BCUT2D eigenvalue weighted by Crippen LogP contribution is -2.52. The molecule has 0 aromatic rings. The Morgan fingerprint density at radius 1 is 1.17 bits per heavy atom. The summed E-state index contributed by atoms with van der Waals surface area (Å²) >= 11 is 0. The third-order valence-corrected chi connectivity index (χ3v) is 3.25. The van der Waals surface area contributed by atoms with Crippen molar-refractivity contribution in [1.29, 1.82) is 0 Å². The third-order valence-electron chi connectivity index (χ3n) is 3.25. The Kier molecular flexibility index (Phi) is 7.24. The van der Waals surface area contributed by atoms with E-state index in [4.69, 9.17) is 9.47 Å². The van der Waals surface area contributed by atoms with Gasteiger partial charge < -0.3 is 25.2 Å². The number of carbonyl (C=O) groups is 2. The van der Waals surface area contributed by atoms with Gasteiger partial charge in [0, 0.05) is 26.2 Å². The van der Waals surface area contributed by atoms with Crippen molar-refractivity contribution in [2.24, 2.45) is 0 Å². The summed E-state index contributed by atoms with van der Waals surface area (Å²) in [5, 5.41) is 15.3. The number of ether oxygens (including phenoxy) is 2. The summed E-state index contributed by atoms with van der Waals surface area (Å²) in [6, 6.07) is -0.429. The van der Waals surface area contributed by atoms with Gasteiger partial charge in [0.15, 0.2) is 5.60 Å². The molecular weight excluding hydrogens is 302 g/mol. The third kappa shape index (κ3) is 8.15. The van der Waals surface area contributed by atoms with E-state index in [1.54, 1.807) is 20.8 Å². The monoisotopic (exact) mass is 331 g/mol. The van der Waals surface area contributed by atoms with Crippen molar-refractivity contribution in [1.82, 2.24) is 15.5 Å². The van der Waals surface area contributed by atoms with Gasteiger partial charge in [-0.25, -0.2) is 9.59 Å². The van der Waals surface area contributed by atoms with Crippen LogP contribution in [-0.4, -0.2) is 79.1 Å². The van der Waals surface area contributed by atoms with Gasteiger partial charge in [0.05, 0.1) is 19.8 Å². The van der Waals surface area contributed by atoms with Crippen LogP contribution in [0.2, 0.25) is 0 Å². The number of amides is 2. The highest BCUT2D eigenvalue weighted by atomic mass is 16.6. The predicted molar refractivity (Wildman–Crippen MR) is 85.1 cm³/mol. The first-order chi connectivity index (χ1) is 10.6. The lowest BCUT2D eigenvalue weighted by atomic mass is 10.1. The number of carbonyl (C=O) groups excluding carboxylic acids is 2. The van der Waals surface area contributed by atoms with Crippen molar-refractivity contribution < 1.29 is 24.2 Å². The first-order valence-corrected chi connectivity index (χ1v) is 7.88. The number of rotatable bonds is 6. The molecule has 8 nitrogen and oxygen atoms in total. The van der Waals surface area contributed by atoms with E-state index in [0.29, 0.717) is 19.8 Å². The summed E-state index contributed by atoms with van der Waals surface area (Å²) in [7, 11) is 0. The van der Waals surface area contributed by atoms with E-state index in [9.17, 15) is 14.7 Å². The zero-order valence-electron chi connectivity index (χ0n) is 14.5. The summed E-state index contributed by atoms with van der Waals surface area (Å²) in [4.78, 5) is 25.8. The predicted octanol–water partition coefficient (Wildman–Crippen LogP) is -0.289. The molecule has 1 fully saturated rings. The minimum atomic E-state index is -1.77. The van der Waals surface area contributed by atoms with E-state index in [1.807, 2.05) is 0 Å². The lowest BCUT2D eigenvalue weighted by Gasteiger charge is -2.28. The highest BCUT2D eigenvalue weighted by Crippen LogP contribution is 2.13. The smallest absolute Gasteiger partial charge is 0.340 e. The molecule has 1 heterocycles. The van der Waals surface area contributed by atoms with Crippen LogP contribution in [0, 0.1) is 0 Å². The molecular formula is C15H29N3O5. The van der Waals surface area contributed by atoms with Gasteiger partial charge in [-0.05, 0) is 27.7 Å². The van der Waals surface area contributed by atoms with Crippen LogP contribution >= 0.6 is 0 Å². The van der Waals surface area contributed by atoms with E-state index in [-0.39, 0.29) is 6.54 Å². The first-order valence-electron chi connectivity index (χ1n) is 7.88. The van der Waals surface area contributed by atoms with E-state index in [0.717, 1.165) is 19.6 Å². The molecule has 0 aliphatic carbocycles. The maximum absolute atomic E-state index is 11.9. The summed E-state index contributed by atoms with van der Waals surface area (Å²) in [5.41, 5.74) is -2.46. The van der Waals surface area contributed by atoms with Crippen molar-refractivity contribution in [3.8, 4) is 0 Å². The number of hydrogen-bond acceptors (Lipinski definition) is 6. The molecule has 1 aliphatic rings. The fraction of sp³-hybridized carbons (Fsp3) is 0.867. The number of aliphatic hydroxyl groups is 1. The van der Waals surface area contributed by atoms with Crippen LogP contribution in [0.5, 0.6) is 0 Å². The van der Waals surface area contributed by atoms with E-state index in [1.165, 1.54) is 6.92 Å². The van der Waals surface area contributed by atoms with Crippen molar-refractivity contribution in [3.05, 3.63) is 0 Å². The van der Waals surface area contributed by atoms with Crippen molar-refractivity contribution in [3.63, 3.8) is 0 Å². The van der Waals surface area contributed by atoms with Gasteiger partial charge in [-0.3, -0.25) is 4.90 Å². The molecule has 0 radical (unpaired) electrons. The molecule has 2 amide bonds. The number of nitrogens with zero attached hydrogens (tertiary/aromatic N) is 1. The minimum absolute atomic E-state index is 0.217. The van der Waals surface area contributed by atoms with Crippen LogP contribution in [0.4, 0.5) is 4.79 Å². The van der Waals surface area contributed by atoms with Gasteiger partial charge in [-0.2, -0.15) is 0 Å². The van der Waals surface area contributed by atoms with Crippen LogP contribution < -0.4 is 10.6 Å². The molecule has 0 unspecified atom stereocenters. The van der Waals surface area contributed by atoms with Crippen molar-refractivity contribution in [2.45, 2.75) is 38.9 Å². The average Bonchev–Trinajstić information content (AvgIpc) is 2.44. The maximum atomic E-state index is 11.9. The summed E-state index contributed by atoms with van der Waals surface area (Å²) in [6.45, 7) is 10.6.